The van der Waals surface area contributed by atoms with E-state index in [0.717, 1.165) is 31.7 Å². The molecule has 0 aromatic carbocycles. The van der Waals surface area contributed by atoms with Gasteiger partial charge in [-0.25, -0.2) is 0 Å². The van der Waals surface area contributed by atoms with Crippen molar-refractivity contribution in [2.45, 2.75) is 19.9 Å². The zero-order valence-corrected chi connectivity index (χ0v) is 9.32. The Kier molecular flexibility index (Phi) is 4.10. The van der Waals surface area contributed by atoms with Gasteiger partial charge in [0.2, 0.25) is 0 Å². The van der Waals surface area contributed by atoms with Crippen molar-refractivity contribution in [1.29, 1.82) is 0 Å². The molecule has 0 fully saturated rings. The van der Waals surface area contributed by atoms with Crippen LogP contribution >= 0.6 is 0 Å². The van der Waals surface area contributed by atoms with E-state index >= 15 is 0 Å². The molecule has 0 atom stereocenters. The number of hydrogen-bond acceptors (Lipinski definition) is 3. The molecule has 14 heavy (non-hydrogen) atoms. The molecule has 0 bridgehead atoms. The summed E-state index contributed by atoms with van der Waals surface area (Å²) in [6, 6.07) is 2.12. The second-order valence-electron chi connectivity index (χ2n) is 3.78. The molecule has 0 aliphatic rings. The molecule has 1 rings (SSSR count). The highest BCUT2D eigenvalue weighted by molar-refractivity contribution is 5.08. The van der Waals surface area contributed by atoms with Crippen LogP contribution in [0.5, 0.6) is 0 Å². The van der Waals surface area contributed by atoms with Crippen molar-refractivity contribution >= 4 is 0 Å². The number of nitrogens with zero attached hydrogens (tertiary/aromatic N) is 3. The van der Waals surface area contributed by atoms with Gasteiger partial charge in [-0.05, 0) is 39.5 Å². The van der Waals surface area contributed by atoms with E-state index in [0.29, 0.717) is 0 Å². The third kappa shape index (κ3) is 3.12. The molecule has 0 spiro atoms. The third-order valence-electron chi connectivity index (χ3n) is 2.27. The zero-order chi connectivity index (χ0) is 10.6. The summed E-state index contributed by atoms with van der Waals surface area (Å²) in [5.41, 5.74) is 7.79. The molecule has 0 aliphatic carbocycles. The van der Waals surface area contributed by atoms with E-state index < -0.39 is 0 Å². The van der Waals surface area contributed by atoms with E-state index in [-0.39, 0.29) is 0 Å². The van der Waals surface area contributed by atoms with Crippen molar-refractivity contribution in [3.05, 3.63) is 17.5 Å². The van der Waals surface area contributed by atoms with E-state index in [1.54, 1.807) is 0 Å². The largest absolute Gasteiger partial charge is 0.330 e. The fraction of sp³-hybridized carbons (Fsp3) is 0.700. The topological polar surface area (TPSA) is 47.1 Å². The van der Waals surface area contributed by atoms with Crippen LogP contribution < -0.4 is 5.73 Å². The van der Waals surface area contributed by atoms with Gasteiger partial charge in [0.05, 0.1) is 11.4 Å². The van der Waals surface area contributed by atoms with Crippen LogP contribution in [0.15, 0.2) is 6.07 Å². The van der Waals surface area contributed by atoms with Crippen molar-refractivity contribution < 1.29 is 0 Å². The Morgan fingerprint density at radius 1 is 1.57 bits per heavy atom. The van der Waals surface area contributed by atoms with E-state index in [1.165, 1.54) is 5.69 Å². The van der Waals surface area contributed by atoms with Crippen LogP contribution in [0.3, 0.4) is 0 Å². The number of nitrogens with two attached hydrogens (primary N) is 1. The second kappa shape index (κ2) is 5.12. The highest BCUT2D eigenvalue weighted by atomic mass is 15.3. The lowest BCUT2D eigenvalue weighted by Crippen LogP contribution is -2.22. The minimum absolute atomic E-state index is 0.759. The molecule has 0 saturated heterocycles. The summed E-state index contributed by atoms with van der Waals surface area (Å²) in [6.45, 7) is 4.76. The van der Waals surface area contributed by atoms with Gasteiger partial charge in [0.15, 0.2) is 0 Å². The van der Waals surface area contributed by atoms with Crippen molar-refractivity contribution in [2.75, 3.05) is 20.1 Å². The van der Waals surface area contributed by atoms with Gasteiger partial charge in [0.1, 0.15) is 0 Å². The van der Waals surface area contributed by atoms with E-state index in [2.05, 4.69) is 23.1 Å². The molecule has 0 radical (unpaired) electrons. The number of aryl methyl sites for hydroxylation is 2. The monoisotopic (exact) mass is 196 g/mol. The molecule has 0 saturated carbocycles. The zero-order valence-electron chi connectivity index (χ0n) is 9.32. The highest BCUT2D eigenvalue weighted by Crippen LogP contribution is 2.04. The van der Waals surface area contributed by atoms with Gasteiger partial charge in [0.25, 0.3) is 0 Å². The molecule has 1 heterocycles. The summed E-state index contributed by atoms with van der Waals surface area (Å²) in [5.74, 6) is 0. The smallest absolute Gasteiger partial charge is 0.0597 e. The molecule has 1 aromatic heterocycles. The lowest BCUT2D eigenvalue weighted by molar-refractivity contribution is 0.315. The van der Waals surface area contributed by atoms with E-state index in [4.69, 9.17) is 5.73 Å². The quantitative estimate of drug-likeness (QED) is 0.746. The molecular weight excluding hydrogens is 176 g/mol. The SMILES string of the molecule is Cc1cc(CN(C)CCCN)n(C)n1. The van der Waals surface area contributed by atoms with Crippen molar-refractivity contribution in [3.8, 4) is 0 Å². The van der Waals surface area contributed by atoms with Crippen LogP contribution in [0.2, 0.25) is 0 Å². The van der Waals surface area contributed by atoms with E-state index in [9.17, 15) is 0 Å². The average molecular weight is 196 g/mol. The molecule has 0 unspecified atom stereocenters. The Balaban J connectivity index is 2.47. The van der Waals surface area contributed by atoms with Crippen molar-refractivity contribution in [3.63, 3.8) is 0 Å². The normalized spacial score (nSPS) is 11.2. The van der Waals surface area contributed by atoms with Gasteiger partial charge in [-0.3, -0.25) is 4.68 Å². The van der Waals surface area contributed by atoms with Crippen LogP contribution in [0.4, 0.5) is 0 Å². The predicted octanol–water partition coefficient (Wildman–Crippen LogP) is 0.509. The van der Waals surface area contributed by atoms with Crippen LogP contribution in [0.25, 0.3) is 0 Å². The minimum Gasteiger partial charge on any atom is -0.330 e. The Labute approximate surface area is 85.7 Å². The average Bonchev–Trinajstić information content (AvgIpc) is 2.42. The summed E-state index contributed by atoms with van der Waals surface area (Å²) in [7, 11) is 4.09. The first kappa shape index (κ1) is 11.2. The molecule has 4 nitrogen and oxygen atoms in total. The standard InChI is InChI=1S/C10H20N4/c1-9-7-10(14(3)12-9)8-13(2)6-4-5-11/h7H,4-6,8,11H2,1-3H3. The molecular formula is C10H20N4. The maximum Gasteiger partial charge on any atom is 0.0597 e. The maximum absolute atomic E-state index is 5.46. The summed E-state index contributed by atoms with van der Waals surface area (Å²) >= 11 is 0. The second-order valence-corrected chi connectivity index (χ2v) is 3.78. The third-order valence-corrected chi connectivity index (χ3v) is 2.27. The van der Waals surface area contributed by atoms with Gasteiger partial charge < -0.3 is 10.6 Å². The van der Waals surface area contributed by atoms with Crippen molar-refractivity contribution in [1.82, 2.24) is 14.7 Å². The fourth-order valence-electron chi connectivity index (χ4n) is 1.53. The molecule has 2 N–H and O–H groups in total. The summed E-state index contributed by atoms with van der Waals surface area (Å²) in [4.78, 5) is 2.27. The molecule has 1 aromatic rings. The Morgan fingerprint density at radius 2 is 2.29 bits per heavy atom. The molecule has 4 heteroatoms. The number of aromatic nitrogens is 2. The molecule has 0 aliphatic heterocycles. The first-order valence-electron chi connectivity index (χ1n) is 5.01. The van der Waals surface area contributed by atoms with Gasteiger partial charge in [-0.2, -0.15) is 5.10 Å². The minimum atomic E-state index is 0.759. The summed E-state index contributed by atoms with van der Waals surface area (Å²) in [5, 5.41) is 4.31. The van der Waals surface area contributed by atoms with Crippen molar-refractivity contribution in [2.24, 2.45) is 12.8 Å². The Hall–Kier alpha value is -0.870. The van der Waals surface area contributed by atoms with Crippen LogP contribution in [0, 0.1) is 6.92 Å². The Bertz CT molecular complexity index is 280. The first-order valence-corrected chi connectivity index (χ1v) is 5.01. The highest BCUT2D eigenvalue weighted by Gasteiger charge is 2.04. The molecule has 0 amide bonds. The van der Waals surface area contributed by atoms with E-state index in [1.807, 2.05) is 18.7 Å². The van der Waals surface area contributed by atoms with Gasteiger partial charge in [-0.15, -0.1) is 0 Å². The van der Waals surface area contributed by atoms with Gasteiger partial charge >= 0.3 is 0 Å². The van der Waals surface area contributed by atoms with Crippen LogP contribution in [0.1, 0.15) is 17.8 Å². The van der Waals surface area contributed by atoms with Gasteiger partial charge in [0, 0.05) is 13.6 Å². The summed E-state index contributed by atoms with van der Waals surface area (Å²) < 4.78 is 1.94. The number of rotatable bonds is 5. The lowest BCUT2D eigenvalue weighted by Gasteiger charge is -2.15. The van der Waals surface area contributed by atoms with Crippen LogP contribution in [-0.2, 0) is 13.6 Å². The van der Waals surface area contributed by atoms with Gasteiger partial charge in [-0.1, -0.05) is 0 Å². The summed E-state index contributed by atoms with van der Waals surface area (Å²) in [6.07, 6.45) is 1.05. The fourth-order valence-corrected chi connectivity index (χ4v) is 1.53. The Morgan fingerprint density at radius 3 is 2.79 bits per heavy atom. The lowest BCUT2D eigenvalue weighted by atomic mass is 10.3. The first-order chi connectivity index (χ1) is 6.63. The maximum atomic E-state index is 5.46. The molecule has 80 valence electrons. The van der Waals surface area contributed by atoms with Crippen LogP contribution in [-0.4, -0.2) is 34.8 Å². The number of hydrogen-bond donors (Lipinski definition) is 1. The predicted molar refractivity (Wildman–Crippen MR) is 58.0 cm³/mol.